The molecule has 1 aromatic rings. The quantitative estimate of drug-likeness (QED) is 0.394. The third-order valence-corrected chi connectivity index (χ3v) is 1.92. The van der Waals surface area contributed by atoms with Crippen molar-refractivity contribution in [3.05, 3.63) is 5.82 Å². The zero-order chi connectivity index (χ0) is 12.8. The van der Waals surface area contributed by atoms with Gasteiger partial charge in [0, 0.05) is 0 Å². The summed E-state index contributed by atoms with van der Waals surface area (Å²) in [6.07, 6.45) is 0. The van der Waals surface area contributed by atoms with E-state index in [1.807, 2.05) is 0 Å². The SMILES string of the molecule is CON(CO)c1nc(C)nc(N(CO)CO)n1. The third-order valence-electron chi connectivity index (χ3n) is 1.92. The molecule has 17 heavy (non-hydrogen) atoms. The fourth-order valence-electron chi connectivity index (χ4n) is 1.08. The first-order valence-electron chi connectivity index (χ1n) is 4.78. The summed E-state index contributed by atoms with van der Waals surface area (Å²) in [4.78, 5) is 17.8. The molecule has 0 saturated carbocycles. The van der Waals surface area contributed by atoms with Gasteiger partial charge in [0.1, 0.15) is 26.0 Å². The molecule has 0 radical (unpaired) electrons. The van der Waals surface area contributed by atoms with Gasteiger partial charge in [-0.1, -0.05) is 0 Å². The van der Waals surface area contributed by atoms with E-state index >= 15 is 0 Å². The zero-order valence-electron chi connectivity index (χ0n) is 9.61. The Morgan fingerprint density at radius 1 is 1.00 bits per heavy atom. The molecule has 0 bridgehead atoms. The molecule has 3 N–H and O–H groups in total. The van der Waals surface area contributed by atoms with Crippen molar-refractivity contribution >= 4 is 11.9 Å². The molecule has 0 spiro atoms. The predicted molar refractivity (Wildman–Crippen MR) is 57.8 cm³/mol. The van der Waals surface area contributed by atoms with Gasteiger partial charge in [0.25, 0.3) is 5.95 Å². The number of aliphatic hydroxyl groups is 3. The molecule has 1 aromatic heterocycles. The Morgan fingerprint density at radius 2 is 1.59 bits per heavy atom. The number of hydrogen-bond acceptors (Lipinski definition) is 9. The Labute approximate surface area is 97.9 Å². The van der Waals surface area contributed by atoms with Gasteiger partial charge >= 0.3 is 0 Å². The molecule has 0 aromatic carbocycles. The van der Waals surface area contributed by atoms with Gasteiger partial charge in [0.15, 0.2) is 0 Å². The maximum absolute atomic E-state index is 9.00. The Kier molecular flexibility index (Phi) is 4.97. The first-order valence-corrected chi connectivity index (χ1v) is 4.78. The highest BCUT2D eigenvalue weighted by atomic mass is 16.7. The molecule has 1 rings (SSSR count). The molecular weight excluding hydrogens is 230 g/mol. The predicted octanol–water partition coefficient (Wildman–Crippen LogP) is -1.80. The van der Waals surface area contributed by atoms with Gasteiger partial charge in [-0.2, -0.15) is 20.0 Å². The van der Waals surface area contributed by atoms with Crippen LogP contribution in [0.15, 0.2) is 0 Å². The fraction of sp³-hybridized carbons (Fsp3) is 0.625. The molecule has 0 fully saturated rings. The van der Waals surface area contributed by atoms with Crippen LogP contribution in [0.5, 0.6) is 0 Å². The number of aryl methyl sites for hydroxylation is 1. The van der Waals surface area contributed by atoms with E-state index in [1.54, 1.807) is 6.92 Å². The Bertz CT molecular complexity index is 326. The average molecular weight is 245 g/mol. The molecule has 0 aliphatic rings. The van der Waals surface area contributed by atoms with E-state index in [0.717, 1.165) is 9.96 Å². The summed E-state index contributed by atoms with van der Waals surface area (Å²) in [6.45, 7) is 0.307. The van der Waals surface area contributed by atoms with Gasteiger partial charge in [0.05, 0.1) is 7.11 Å². The Hall–Kier alpha value is -1.55. The van der Waals surface area contributed by atoms with Crippen LogP contribution >= 0.6 is 0 Å². The number of rotatable bonds is 6. The van der Waals surface area contributed by atoms with Gasteiger partial charge in [-0.3, -0.25) is 9.74 Å². The summed E-state index contributed by atoms with van der Waals surface area (Å²) >= 11 is 0. The molecular formula is C8H15N5O4. The highest BCUT2D eigenvalue weighted by Crippen LogP contribution is 2.12. The smallest absolute Gasteiger partial charge is 0.257 e. The summed E-state index contributed by atoms with van der Waals surface area (Å²) in [7, 11) is 1.35. The van der Waals surface area contributed by atoms with Crippen LogP contribution in [0.1, 0.15) is 5.82 Å². The molecule has 0 saturated heterocycles. The van der Waals surface area contributed by atoms with Crippen LogP contribution in [-0.2, 0) is 4.84 Å². The van der Waals surface area contributed by atoms with E-state index in [1.165, 1.54) is 7.11 Å². The molecule has 0 amide bonds. The fourth-order valence-corrected chi connectivity index (χ4v) is 1.08. The van der Waals surface area contributed by atoms with Crippen molar-refractivity contribution in [3.63, 3.8) is 0 Å². The highest BCUT2D eigenvalue weighted by Gasteiger charge is 2.14. The van der Waals surface area contributed by atoms with Gasteiger partial charge in [-0.15, -0.1) is 0 Å². The number of aliphatic hydroxyl groups excluding tert-OH is 3. The lowest BCUT2D eigenvalue weighted by atomic mass is 10.6. The van der Waals surface area contributed by atoms with Crippen molar-refractivity contribution in [3.8, 4) is 0 Å². The lowest BCUT2D eigenvalue weighted by molar-refractivity contribution is 0.0971. The van der Waals surface area contributed by atoms with E-state index in [4.69, 9.17) is 20.2 Å². The van der Waals surface area contributed by atoms with Crippen LogP contribution in [0, 0.1) is 6.92 Å². The van der Waals surface area contributed by atoms with Crippen molar-refractivity contribution in [2.24, 2.45) is 0 Å². The molecule has 96 valence electrons. The summed E-state index contributed by atoms with van der Waals surface area (Å²) in [5.41, 5.74) is 0. The summed E-state index contributed by atoms with van der Waals surface area (Å²) < 4.78 is 0. The largest absolute Gasteiger partial charge is 0.376 e. The monoisotopic (exact) mass is 245 g/mol. The third kappa shape index (κ3) is 3.20. The topological polar surface area (TPSA) is 115 Å². The molecule has 9 nitrogen and oxygen atoms in total. The second-order valence-electron chi connectivity index (χ2n) is 3.01. The molecule has 1 heterocycles. The number of hydroxylamine groups is 1. The second kappa shape index (κ2) is 6.25. The first-order chi connectivity index (χ1) is 8.15. The maximum atomic E-state index is 9.00. The first kappa shape index (κ1) is 13.5. The molecule has 0 aliphatic heterocycles. The number of anilines is 2. The van der Waals surface area contributed by atoms with Gasteiger partial charge in [-0.05, 0) is 6.92 Å². The molecule has 9 heteroatoms. The normalized spacial score (nSPS) is 10.4. The number of hydrogen-bond donors (Lipinski definition) is 3. The minimum absolute atomic E-state index is 0.0874. The van der Waals surface area contributed by atoms with Crippen molar-refractivity contribution in [1.82, 2.24) is 15.0 Å². The second-order valence-corrected chi connectivity index (χ2v) is 3.01. The minimum atomic E-state index is -0.439. The van der Waals surface area contributed by atoms with Gasteiger partial charge in [0.2, 0.25) is 5.95 Å². The van der Waals surface area contributed by atoms with Crippen molar-refractivity contribution in [2.75, 3.05) is 37.3 Å². The van der Waals surface area contributed by atoms with Gasteiger partial charge < -0.3 is 15.3 Å². The summed E-state index contributed by atoms with van der Waals surface area (Å²) in [6, 6.07) is 0. The zero-order valence-corrected chi connectivity index (χ0v) is 9.61. The van der Waals surface area contributed by atoms with Gasteiger partial charge in [-0.25, -0.2) is 0 Å². The maximum Gasteiger partial charge on any atom is 0.257 e. The van der Waals surface area contributed by atoms with Crippen molar-refractivity contribution in [1.29, 1.82) is 0 Å². The van der Waals surface area contributed by atoms with Crippen LogP contribution in [0.25, 0.3) is 0 Å². The van der Waals surface area contributed by atoms with Crippen molar-refractivity contribution in [2.45, 2.75) is 6.92 Å². The average Bonchev–Trinajstić information content (AvgIpc) is 2.31. The van der Waals surface area contributed by atoms with Crippen molar-refractivity contribution < 1.29 is 20.2 Å². The van der Waals surface area contributed by atoms with E-state index < -0.39 is 20.2 Å². The standard InChI is InChI=1S/C8H15N5O4/c1-6-9-7(12(3-14)4-15)11-8(10-6)13(5-16)17-2/h14-16H,3-5H2,1-2H3. The molecule has 0 atom stereocenters. The van der Waals surface area contributed by atoms with E-state index in [-0.39, 0.29) is 11.9 Å². The van der Waals surface area contributed by atoms with E-state index in [0.29, 0.717) is 5.82 Å². The Morgan fingerprint density at radius 3 is 2.06 bits per heavy atom. The van der Waals surface area contributed by atoms with Crippen LogP contribution in [0.4, 0.5) is 11.9 Å². The van der Waals surface area contributed by atoms with Crippen LogP contribution in [0.3, 0.4) is 0 Å². The highest BCUT2D eigenvalue weighted by molar-refractivity contribution is 5.36. The Balaban J connectivity index is 3.08. The number of nitrogens with zero attached hydrogens (tertiary/aromatic N) is 5. The molecule has 0 aliphatic carbocycles. The van der Waals surface area contributed by atoms with Crippen LogP contribution in [0.2, 0.25) is 0 Å². The van der Waals surface area contributed by atoms with E-state index in [2.05, 4.69) is 15.0 Å². The van der Waals surface area contributed by atoms with E-state index in [9.17, 15) is 0 Å². The van der Waals surface area contributed by atoms with Crippen LogP contribution in [-0.4, -0.2) is 57.6 Å². The lowest BCUT2D eigenvalue weighted by Crippen LogP contribution is -2.30. The minimum Gasteiger partial charge on any atom is -0.376 e. The van der Waals surface area contributed by atoms with Crippen LogP contribution < -0.4 is 9.96 Å². The summed E-state index contributed by atoms with van der Waals surface area (Å²) in [5, 5.41) is 28.0. The summed E-state index contributed by atoms with van der Waals surface area (Å²) in [5.74, 6) is 0.546. The molecule has 0 unspecified atom stereocenters. The number of aromatic nitrogens is 3. The lowest BCUT2D eigenvalue weighted by Gasteiger charge is -2.20.